The number of hydrogen-bond acceptors (Lipinski definition) is 8. The van der Waals surface area contributed by atoms with Gasteiger partial charge >= 0.3 is 10.2 Å². The van der Waals surface area contributed by atoms with E-state index >= 15 is 0 Å². The molecular weight excluding hydrogens is 508 g/mol. The molecule has 0 spiro atoms. The number of aryl methyl sites for hydroxylation is 1. The molecule has 0 atom stereocenters. The Morgan fingerprint density at radius 3 is 2.51 bits per heavy atom. The molecule has 194 valence electrons. The average Bonchev–Trinajstić information content (AvgIpc) is 3.08. The maximum absolute atomic E-state index is 13.0. The molecule has 2 N–H and O–H groups in total. The molecule has 11 nitrogen and oxygen atoms in total. The van der Waals surface area contributed by atoms with Crippen molar-refractivity contribution in [1.29, 1.82) is 0 Å². The lowest BCUT2D eigenvalue weighted by molar-refractivity contribution is 0.0974. The predicted octanol–water partition coefficient (Wildman–Crippen LogP) is 2.39. The van der Waals surface area contributed by atoms with Crippen molar-refractivity contribution in [2.75, 3.05) is 37.2 Å². The Hall–Kier alpha value is -2.62. The summed E-state index contributed by atoms with van der Waals surface area (Å²) in [6, 6.07) is 3.81. The van der Waals surface area contributed by atoms with Gasteiger partial charge in [0.15, 0.2) is 5.69 Å². The van der Waals surface area contributed by atoms with Crippen molar-refractivity contribution in [1.82, 2.24) is 18.3 Å². The van der Waals surface area contributed by atoms with E-state index in [-0.39, 0.29) is 61.3 Å². The van der Waals surface area contributed by atoms with Gasteiger partial charge < -0.3 is 9.73 Å². The van der Waals surface area contributed by atoms with Crippen LogP contribution in [0.1, 0.15) is 47.8 Å². The first-order valence-corrected chi connectivity index (χ1v) is 13.9. The highest BCUT2D eigenvalue weighted by Crippen LogP contribution is 2.27. The molecule has 1 aliphatic rings. The van der Waals surface area contributed by atoms with Crippen LogP contribution in [0.5, 0.6) is 0 Å². The number of halogens is 2. The second-order valence-electron chi connectivity index (χ2n) is 7.94. The Kier molecular flexibility index (Phi) is 8.46. The van der Waals surface area contributed by atoms with Gasteiger partial charge in [0.2, 0.25) is 10.0 Å². The fraction of sp³-hybridized carbons (Fsp3) is 0.500. The summed E-state index contributed by atoms with van der Waals surface area (Å²) in [7, 11) is -7.75. The Labute approximate surface area is 202 Å². The van der Waals surface area contributed by atoms with E-state index in [9.17, 15) is 30.4 Å². The van der Waals surface area contributed by atoms with Crippen molar-refractivity contribution in [3.63, 3.8) is 0 Å². The zero-order valence-corrected chi connectivity index (χ0v) is 20.8. The van der Waals surface area contributed by atoms with Gasteiger partial charge in [-0.1, -0.05) is 19.1 Å². The SMILES string of the molecule is CCCS(=O)(=O)N1CCCN(S(=O)(=O)NC(=O)c2coc(Nc3cc(C(F)F)ccc3C)n2)CC1. The van der Waals surface area contributed by atoms with Gasteiger partial charge in [-0.05, 0) is 31.4 Å². The molecule has 1 saturated heterocycles. The monoisotopic (exact) mass is 535 g/mol. The maximum Gasteiger partial charge on any atom is 0.304 e. The van der Waals surface area contributed by atoms with Gasteiger partial charge in [0.05, 0.1) is 5.75 Å². The molecule has 0 aliphatic carbocycles. The Balaban J connectivity index is 1.65. The minimum atomic E-state index is -4.28. The summed E-state index contributed by atoms with van der Waals surface area (Å²) in [5.41, 5.74) is 0.349. The normalized spacial score (nSPS) is 16.3. The number of carbonyl (C=O) groups excluding carboxylic acids is 1. The zero-order chi connectivity index (χ0) is 25.8. The van der Waals surface area contributed by atoms with E-state index in [1.54, 1.807) is 13.8 Å². The first-order valence-electron chi connectivity index (χ1n) is 10.8. The molecule has 15 heteroatoms. The third kappa shape index (κ3) is 6.74. The maximum atomic E-state index is 13.0. The molecule has 2 heterocycles. The van der Waals surface area contributed by atoms with E-state index < -0.39 is 32.6 Å². The quantitative estimate of drug-likeness (QED) is 0.499. The van der Waals surface area contributed by atoms with Crippen molar-refractivity contribution in [3.8, 4) is 0 Å². The Bertz CT molecular complexity index is 1270. The van der Waals surface area contributed by atoms with Crippen molar-refractivity contribution >= 4 is 37.8 Å². The van der Waals surface area contributed by atoms with Crippen LogP contribution in [0.15, 0.2) is 28.9 Å². The van der Waals surface area contributed by atoms with Gasteiger partial charge in [0.1, 0.15) is 6.26 Å². The van der Waals surface area contributed by atoms with Crippen molar-refractivity contribution < 1.29 is 34.8 Å². The van der Waals surface area contributed by atoms with Gasteiger partial charge in [-0.3, -0.25) is 4.79 Å². The standard InChI is InChI=1S/C20H27F2N5O6S2/c1-3-11-34(29,30)26-7-4-8-27(10-9-26)35(31,32)25-19(28)17-13-33-20(24-17)23-16-12-15(18(21)22)6-5-14(16)2/h5-6,12-13,18H,3-4,7-11H2,1-2H3,(H,23,24)(H,25,28). The minimum Gasteiger partial charge on any atom is -0.431 e. The average molecular weight is 536 g/mol. The zero-order valence-electron chi connectivity index (χ0n) is 19.2. The van der Waals surface area contributed by atoms with Crippen LogP contribution in [-0.4, -0.2) is 68.3 Å². The lowest BCUT2D eigenvalue weighted by Gasteiger charge is -2.21. The molecule has 1 fully saturated rings. The van der Waals surface area contributed by atoms with Crippen LogP contribution >= 0.6 is 0 Å². The van der Waals surface area contributed by atoms with Gasteiger partial charge in [0, 0.05) is 37.4 Å². The van der Waals surface area contributed by atoms with Gasteiger partial charge in [-0.15, -0.1) is 0 Å². The number of amides is 1. The largest absolute Gasteiger partial charge is 0.431 e. The van der Waals surface area contributed by atoms with Crippen LogP contribution in [0, 0.1) is 6.92 Å². The summed E-state index contributed by atoms with van der Waals surface area (Å²) < 4.78 is 85.3. The number of hydrogen-bond donors (Lipinski definition) is 2. The number of anilines is 2. The first kappa shape index (κ1) is 27.0. The first-order chi connectivity index (χ1) is 16.4. The number of aromatic nitrogens is 1. The number of sulfonamides is 1. The Morgan fingerprint density at radius 2 is 1.83 bits per heavy atom. The fourth-order valence-corrected chi connectivity index (χ4v) is 6.17. The number of nitrogens with zero attached hydrogens (tertiary/aromatic N) is 3. The molecule has 35 heavy (non-hydrogen) atoms. The predicted molar refractivity (Wildman–Crippen MR) is 124 cm³/mol. The summed E-state index contributed by atoms with van der Waals surface area (Å²) in [4.78, 5) is 16.4. The molecule has 1 aromatic carbocycles. The highest BCUT2D eigenvalue weighted by atomic mass is 32.2. The van der Waals surface area contributed by atoms with E-state index in [2.05, 4.69) is 10.3 Å². The molecule has 0 radical (unpaired) electrons. The summed E-state index contributed by atoms with van der Waals surface area (Å²) in [6.45, 7) is 3.51. The van der Waals surface area contributed by atoms with E-state index in [1.165, 1.54) is 22.5 Å². The smallest absolute Gasteiger partial charge is 0.304 e. The van der Waals surface area contributed by atoms with Crippen molar-refractivity contribution in [2.45, 2.75) is 33.1 Å². The summed E-state index contributed by atoms with van der Waals surface area (Å²) >= 11 is 0. The number of benzene rings is 1. The highest BCUT2D eigenvalue weighted by Gasteiger charge is 2.31. The molecule has 3 rings (SSSR count). The highest BCUT2D eigenvalue weighted by molar-refractivity contribution is 7.89. The summed E-state index contributed by atoms with van der Waals surface area (Å²) in [6.07, 6.45) is -1.03. The van der Waals surface area contributed by atoms with Gasteiger partial charge in [-0.2, -0.15) is 17.7 Å². The molecule has 0 saturated carbocycles. The summed E-state index contributed by atoms with van der Waals surface area (Å²) in [5, 5.41) is 2.69. The van der Waals surface area contributed by atoms with Crippen LogP contribution < -0.4 is 10.0 Å². The molecular formula is C20H27F2N5O6S2. The van der Waals surface area contributed by atoms with Crippen LogP contribution in [-0.2, 0) is 20.2 Å². The van der Waals surface area contributed by atoms with Crippen LogP contribution in [0.25, 0.3) is 0 Å². The third-order valence-electron chi connectivity index (χ3n) is 5.32. The second kappa shape index (κ2) is 11.0. The molecule has 1 aliphatic heterocycles. The summed E-state index contributed by atoms with van der Waals surface area (Å²) in [5.74, 6) is -1.08. The number of alkyl halides is 2. The molecule has 0 bridgehead atoms. The number of rotatable bonds is 9. The topological polar surface area (TPSA) is 142 Å². The third-order valence-corrected chi connectivity index (χ3v) is 8.89. The molecule has 1 aromatic heterocycles. The van der Waals surface area contributed by atoms with E-state index in [0.717, 1.165) is 10.6 Å². The van der Waals surface area contributed by atoms with E-state index in [4.69, 9.17) is 4.42 Å². The molecule has 2 aromatic rings. The number of carbonyl (C=O) groups is 1. The van der Waals surface area contributed by atoms with Crippen LogP contribution in [0.2, 0.25) is 0 Å². The second-order valence-corrected chi connectivity index (χ2v) is 11.7. The van der Waals surface area contributed by atoms with Crippen LogP contribution in [0.3, 0.4) is 0 Å². The number of oxazole rings is 1. The lowest BCUT2D eigenvalue weighted by Crippen LogP contribution is -2.45. The lowest BCUT2D eigenvalue weighted by atomic mass is 10.1. The minimum absolute atomic E-state index is 0.0213. The van der Waals surface area contributed by atoms with E-state index in [0.29, 0.717) is 12.0 Å². The number of nitrogens with one attached hydrogen (secondary N) is 2. The molecule has 1 amide bonds. The molecule has 0 unspecified atom stereocenters. The fourth-order valence-electron chi connectivity index (χ4n) is 3.47. The van der Waals surface area contributed by atoms with Crippen LogP contribution in [0.4, 0.5) is 20.5 Å². The van der Waals surface area contributed by atoms with Crippen molar-refractivity contribution in [3.05, 3.63) is 41.3 Å². The van der Waals surface area contributed by atoms with Gasteiger partial charge in [-0.25, -0.2) is 26.2 Å². The van der Waals surface area contributed by atoms with Crippen molar-refractivity contribution in [2.24, 2.45) is 0 Å². The van der Waals surface area contributed by atoms with Gasteiger partial charge in [0.25, 0.3) is 18.3 Å². The van der Waals surface area contributed by atoms with E-state index in [1.807, 2.05) is 4.72 Å². The Morgan fingerprint density at radius 1 is 1.14 bits per heavy atom.